The maximum atomic E-state index is 11.9. The van der Waals surface area contributed by atoms with Crippen LogP contribution < -0.4 is 5.32 Å². The zero-order valence-electron chi connectivity index (χ0n) is 10.2. The van der Waals surface area contributed by atoms with Crippen LogP contribution in [0.3, 0.4) is 0 Å². The molecule has 1 amide bonds. The van der Waals surface area contributed by atoms with Gasteiger partial charge in [-0.3, -0.25) is 4.79 Å². The van der Waals surface area contributed by atoms with Gasteiger partial charge in [0.1, 0.15) is 0 Å². The number of carbonyl (C=O) groups is 1. The average molecular weight is 249 g/mol. The second kappa shape index (κ2) is 5.13. The van der Waals surface area contributed by atoms with Gasteiger partial charge in [-0.1, -0.05) is 19.1 Å². The normalized spacial score (nSPS) is 16.6. The molecule has 1 aliphatic rings. The molecule has 0 saturated heterocycles. The number of aryl methyl sites for hydroxylation is 1. The second-order valence-corrected chi connectivity index (χ2v) is 5.25. The number of amides is 1. The van der Waals surface area contributed by atoms with Crippen LogP contribution in [-0.2, 0) is 11.2 Å². The van der Waals surface area contributed by atoms with Crippen molar-refractivity contribution in [3.63, 3.8) is 0 Å². The highest BCUT2D eigenvalue weighted by molar-refractivity contribution is 7.80. The monoisotopic (exact) mass is 249 g/mol. The van der Waals surface area contributed by atoms with E-state index in [0.29, 0.717) is 6.42 Å². The van der Waals surface area contributed by atoms with Crippen molar-refractivity contribution in [3.8, 4) is 0 Å². The topological polar surface area (TPSA) is 29.1 Å². The molecular formula is C14H19NOS. The molecule has 1 saturated carbocycles. The first-order valence-electron chi connectivity index (χ1n) is 6.17. The van der Waals surface area contributed by atoms with Crippen LogP contribution in [0.15, 0.2) is 24.3 Å². The summed E-state index contributed by atoms with van der Waals surface area (Å²) in [6, 6.07) is 8.04. The maximum Gasteiger partial charge on any atom is 0.224 e. The molecule has 2 rings (SSSR count). The molecule has 0 aliphatic heterocycles. The first kappa shape index (κ1) is 12.5. The molecule has 1 fully saturated rings. The van der Waals surface area contributed by atoms with Gasteiger partial charge in [-0.05, 0) is 48.1 Å². The van der Waals surface area contributed by atoms with Crippen LogP contribution in [-0.4, -0.2) is 11.7 Å². The third kappa shape index (κ3) is 3.25. The quantitative estimate of drug-likeness (QED) is 0.770. The fourth-order valence-electron chi connectivity index (χ4n) is 1.98. The Morgan fingerprint density at radius 1 is 1.47 bits per heavy atom. The molecule has 1 aliphatic carbocycles. The van der Waals surface area contributed by atoms with Gasteiger partial charge in [0.2, 0.25) is 5.91 Å². The lowest BCUT2D eigenvalue weighted by molar-refractivity contribution is -0.117. The molecule has 0 atom stereocenters. The molecule has 0 unspecified atom stereocenters. The van der Waals surface area contributed by atoms with Crippen molar-refractivity contribution in [1.82, 2.24) is 0 Å². The van der Waals surface area contributed by atoms with Gasteiger partial charge >= 0.3 is 0 Å². The summed E-state index contributed by atoms with van der Waals surface area (Å²) in [5, 5.41) is 2.97. The summed E-state index contributed by atoms with van der Waals surface area (Å²) >= 11 is 4.32. The van der Waals surface area contributed by atoms with E-state index in [4.69, 9.17) is 0 Å². The molecule has 2 nitrogen and oxygen atoms in total. The van der Waals surface area contributed by atoms with E-state index >= 15 is 0 Å². The molecular weight excluding hydrogens is 230 g/mol. The van der Waals surface area contributed by atoms with Crippen LogP contribution >= 0.6 is 12.6 Å². The molecule has 1 aromatic rings. The molecule has 0 bridgehead atoms. The Morgan fingerprint density at radius 2 is 2.24 bits per heavy atom. The molecule has 0 spiro atoms. The van der Waals surface area contributed by atoms with Crippen molar-refractivity contribution < 1.29 is 4.79 Å². The van der Waals surface area contributed by atoms with E-state index in [0.717, 1.165) is 30.7 Å². The van der Waals surface area contributed by atoms with E-state index in [-0.39, 0.29) is 11.3 Å². The number of carbonyl (C=O) groups excluding carboxylic acids is 1. The van der Waals surface area contributed by atoms with Crippen LogP contribution in [0.25, 0.3) is 0 Å². The Balaban J connectivity index is 1.93. The summed E-state index contributed by atoms with van der Waals surface area (Å²) in [6.07, 6.45) is 3.87. The van der Waals surface area contributed by atoms with E-state index in [9.17, 15) is 4.79 Å². The summed E-state index contributed by atoms with van der Waals surface area (Å²) in [7, 11) is 0. The van der Waals surface area contributed by atoms with Gasteiger partial charge in [0.15, 0.2) is 0 Å². The highest BCUT2D eigenvalue weighted by atomic mass is 32.1. The van der Waals surface area contributed by atoms with Gasteiger partial charge < -0.3 is 5.32 Å². The third-order valence-corrected chi connectivity index (χ3v) is 4.12. The molecule has 3 heteroatoms. The Labute approximate surface area is 108 Å². The molecule has 1 N–H and O–H groups in total. The SMILES string of the molecule is CCc1cccc(NC(=O)CC2(CS)CC2)c1. The van der Waals surface area contributed by atoms with Gasteiger partial charge in [0.25, 0.3) is 0 Å². The highest BCUT2D eigenvalue weighted by Crippen LogP contribution is 2.49. The van der Waals surface area contributed by atoms with Gasteiger partial charge in [-0.2, -0.15) is 12.6 Å². The largest absolute Gasteiger partial charge is 0.326 e. The van der Waals surface area contributed by atoms with Crippen molar-refractivity contribution in [2.45, 2.75) is 32.6 Å². The van der Waals surface area contributed by atoms with E-state index in [1.54, 1.807) is 0 Å². The van der Waals surface area contributed by atoms with E-state index in [1.165, 1.54) is 5.56 Å². The molecule has 92 valence electrons. The van der Waals surface area contributed by atoms with Crippen LogP contribution in [0.4, 0.5) is 5.69 Å². The molecule has 0 heterocycles. The number of benzene rings is 1. The Hall–Kier alpha value is -0.960. The molecule has 1 aromatic carbocycles. The van der Waals surface area contributed by atoms with Gasteiger partial charge in [0, 0.05) is 12.1 Å². The van der Waals surface area contributed by atoms with E-state index in [1.807, 2.05) is 18.2 Å². The Kier molecular flexibility index (Phi) is 3.77. The summed E-state index contributed by atoms with van der Waals surface area (Å²) in [5.74, 6) is 0.930. The van der Waals surface area contributed by atoms with Crippen molar-refractivity contribution in [2.75, 3.05) is 11.1 Å². The number of nitrogens with one attached hydrogen (secondary N) is 1. The maximum absolute atomic E-state index is 11.9. The zero-order chi connectivity index (χ0) is 12.3. The summed E-state index contributed by atoms with van der Waals surface area (Å²) < 4.78 is 0. The smallest absolute Gasteiger partial charge is 0.224 e. The highest BCUT2D eigenvalue weighted by Gasteiger charge is 2.42. The third-order valence-electron chi connectivity index (χ3n) is 3.45. The summed E-state index contributed by atoms with van der Waals surface area (Å²) in [5.41, 5.74) is 2.35. The first-order chi connectivity index (χ1) is 8.17. The minimum atomic E-state index is 0.116. The van der Waals surface area contributed by atoms with E-state index < -0.39 is 0 Å². The number of hydrogen-bond donors (Lipinski definition) is 2. The predicted molar refractivity (Wildman–Crippen MR) is 74.6 cm³/mol. The molecule has 0 aromatic heterocycles. The van der Waals surface area contributed by atoms with Crippen molar-refractivity contribution in [3.05, 3.63) is 29.8 Å². The lowest BCUT2D eigenvalue weighted by Crippen LogP contribution is -2.18. The Bertz CT molecular complexity index is 412. The fourth-order valence-corrected chi connectivity index (χ4v) is 2.41. The second-order valence-electron chi connectivity index (χ2n) is 4.94. The standard InChI is InChI=1S/C14H19NOS/c1-2-11-4-3-5-12(8-11)15-13(16)9-14(10-17)6-7-14/h3-5,8,17H,2,6-7,9-10H2,1H3,(H,15,16). The predicted octanol–water partition coefficient (Wildman–Crippen LogP) is 3.29. The number of thiol groups is 1. The van der Waals surface area contributed by atoms with Gasteiger partial charge in [-0.15, -0.1) is 0 Å². The number of anilines is 1. The number of rotatable bonds is 5. The van der Waals surface area contributed by atoms with Crippen molar-refractivity contribution in [1.29, 1.82) is 0 Å². The first-order valence-corrected chi connectivity index (χ1v) is 6.80. The lowest BCUT2D eigenvalue weighted by atomic mass is 10.0. The van der Waals surface area contributed by atoms with Gasteiger partial charge in [0.05, 0.1) is 0 Å². The van der Waals surface area contributed by atoms with Gasteiger partial charge in [-0.25, -0.2) is 0 Å². The van der Waals surface area contributed by atoms with Crippen LogP contribution in [0.5, 0.6) is 0 Å². The summed E-state index contributed by atoms with van der Waals surface area (Å²) in [6.45, 7) is 2.11. The van der Waals surface area contributed by atoms with Crippen LogP contribution in [0, 0.1) is 5.41 Å². The zero-order valence-corrected chi connectivity index (χ0v) is 11.1. The van der Waals surface area contributed by atoms with E-state index in [2.05, 4.69) is 30.9 Å². The Morgan fingerprint density at radius 3 is 2.82 bits per heavy atom. The fraction of sp³-hybridized carbons (Fsp3) is 0.500. The number of hydrogen-bond acceptors (Lipinski definition) is 2. The summed E-state index contributed by atoms with van der Waals surface area (Å²) in [4.78, 5) is 11.9. The minimum absolute atomic E-state index is 0.116. The molecule has 17 heavy (non-hydrogen) atoms. The lowest BCUT2D eigenvalue weighted by Gasteiger charge is -2.12. The average Bonchev–Trinajstić information content (AvgIpc) is 3.09. The minimum Gasteiger partial charge on any atom is -0.326 e. The van der Waals surface area contributed by atoms with Crippen molar-refractivity contribution in [2.24, 2.45) is 5.41 Å². The van der Waals surface area contributed by atoms with Crippen LogP contribution in [0.2, 0.25) is 0 Å². The van der Waals surface area contributed by atoms with Crippen LogP contribution in [0.1, 0.15) is 31.7 Å². The molecule has 0 radical (unpaired) electrons. The van der Waals surface area contributed by atoms with Crippen molar-refractivity contribution >= 4 is 24.2 Å².